The Morgan fingerprint density at radius 2 is 2.11 bits per heavy atom. The third kappa shape index (κ3) is 2.95. The molecule has 2 rings (SSSR count). The molecule has 3 atom stereocenters. The number of aromatic nitrogens is 2. The van der Waals surface area contributed by atoms with E-state index in [-0.39, 0.29) is 16.4 Å². The zero-order valence-electron chi connectivity index (χ0n) is 11.4. The standard InChI is InChI=1S/C12H20ClN3O2S/c1-8-5-4-6-10(9(8)2)15-19(17,18)11-7-14-12(13)16(11)3/h7-10,15H,4-6H2,1-3H3/t8-,9-,10-/m1/s1. The maximum absolute atomic E-state index is 12.4. The van der Waals surface area contributed by atoms with E-state index in [2.05, 4.69) is 23.6 Å². The van der Waals surface area contributed by atoms with Gasteiger partial charge < -0.3 is 4.57 Å². The molecule has 1 N–H and O–H groups in total. The molecule has 0 saturated heterocycles. The normalized spacial score (nSPS) is 28.5. The third-order valence-electron chi connectivity index (χ3n) is 4.18. The Balaban J connectivity index is 2.20. The van der Waals surface area contributed by atoms with Crippen LogP contribution in [-0.4, -0.2) is 24.0 Å². The molecule has 1 aliphatic carbocycles. The summed E-state index contributed by atoms with van der Waals surface area (Å²) >= 11 is 5.79. The summed E-state index contributed by atoms with van der Waals surface area (Å²) in [4.78, 5) is 3.82. The Labute approximate surface area is 119 Å². The lowest BCUT2D eigenvalue weighted by atomic mass is 9.78. The first kappa shape index (κ1) is 14.8. The summed E-state index contributed by atoms with van der Waals surface area (Å²) in [5, 5.41) is 0.286. The van der Waals surface area contributed by atoms with Crippen molar-refractivity contribution in [3.05, 3.63) is 11.5 Å². The van der Waals surface area contributed by atoms with Crippen molar-refractivity contribution >= 4 is 21.6 Å². The van der Waals surface area contributed by atoms with Gasteiger partial charge in [0.2, 0.25) is 5.28 Å². The zero-order chi connectivity index (χ0) is 14.2. The maximum atomic E-state index is 12.4. The Bertz CT molecular complexity index is 555. The molecule has 19 heavy (non-hydrogen) atoms. The summed E-state index contributed by atoms with van der Waals surface area (Å²) in [6.07, 6.45) is 4.40. The molecule has 5 nitrogen and oxygen atoms in total. The van der Waals surface area contributed by atoms with Crippen molar-refractivity contribution in [3.8, 4) is 0 Å². The average Bonchev–Trinajstić information content (AvgIpc) is 2.66. The van der Waals surface area contributed by atoms with Crippen LogP contribution >= 0.6 is 11.6 Å². The average molecular weight is 306 g/mol. The second-order valence-corrected chi connectivity index (χ2v) is 7.42. The largest absolute Gasteiger partial charge is 0.308 e. The molecule has 1 aliphatic rings. The first-order chi connectivity index (χ1) is 8.83. The van der Waals surface area contributed by atoms with Gasteiger partial charge in [-0.3, -0.25) is 0 Å². The first-order valence-corrected chi connectivity index (χ1v) is 8.38. The van der Waals surface area contributed by atoms with Crippen LogP contribution < -0.4 is 4.72 Å². The summed E-state index contributed by atoms with van der Waals surface area (Å²) in [5.74, 6) is 0.879. The zero-order valence-corrected chi connectivity index (χ0v) is 13.0. The van der Waals surface area contributed by atoms with E-state index >= 15 is 0 Å². The molecule has 1 fully saturated rings. The Morgan fingerprint density at radius 1 is 1.42 bits per heavy atom. The number of imidazole rings is 1. The van der Waals surface area contributed by atoms with Crippen LogP contribution in [0.5, 0.6) is 0 Å². The highest BCUT2D eigenvalue weighted by Gasteiger charge is 2.32. The molecule has 1 saturated carbocycles. The van der Waals surface area contributed by atoms with E-state index in [0.717, 1.165) is 19.3 Å². The molecule has 0 radical (unpaired) electrons. The molecule has 1 aromatic heterocycles. The van der Waals surface area contributed by atoms with Crippen molar-refractivity contribution < 1.29 is 8.42 Å². The van der Waals surface area contributed by atoms with Crippen LogP contribution in [0.25, 0.3) is 0 Å². The topological polar surface area (TPSA) is 64.0 Å². The van der Waals surface area contributed by atoms with E-state index < -0.39 is 10.0 Å². The van der Waals surface area contributed by atoms with Gasteiger partial charge >= 0.3 is 0 Å². The fraction of sp³-hybridized carbons (Fsp3) is 0.750. The van der Waals surface area contributed by atoms with E-state index in [4.69, 9.17) is 11.6 Å². The summed E-state index contributed by atoms with van der Waals surface area (Å²) in [6.45, 7) is 4.28. The highest BCUT2D eigenvalue weighted by atomic mass is 35.5. The number of hydrogen-bond acceptors (Lipinski definition) is 3. The molecule has 1 aromatic rings. The second kappa shape index (κ2) is 5.42. The molecule has 1 heterocycles. The summed E-state index contributed by atoms with van der Waals surface area (Å²) in [5.41, 5.74) is 0. The maximum Gasteiger partial charge on any atom is 0.258 e. The van der Waals surface area contributed by atoms with Gasteiger partial charge in [-0.2, -0.15) is 0 Å². The van der Waals surface area contributed by atoms with Gasteiger partial charge in [0.25, 0.3) is 10.0 Å². The van der Waals surface area contributed by atoms with Gasteiger partial charge in [-0.05, 0) is 29.9 Å². The quantitative estimate of drug-likeness (QED) is 0.931. The van der Waals surface area contributed by atoms with E-state index in [0.29, 0.717) is 11.8 Å². The molecule has 0 bridgehead atoms. The van der Waals surface area contributed by atoms with Crippen LogP contribution in [0.4, 0.5) is 0 Å². The van der Waals surface area contributed by atoms with Gasteiger partial charge in [-0.25, -0.2) is 18.1 Å². The fourth-order valence-corrected chi connectivity index (χ4v) is 4.31. The molecule has 7 heteroatoms. The lowest BCUT2D eigenvalue weighted by Gasteiger charge is -2.34. The van der Waals surface area contributed by atoms with Crippen molar-refractivity contribution in [2.45, 2.75) is 44.2 Å². The van der Waals surface area contributed by atoms with Gasteiger partial charge in [0.15, 0.2) is 5.03 Å². The minimum atomic E-state index is -3.56. The molecule has 0 amide bonds. The number of sulfonamides is 1. The van der Waals surface area contributed by atoms with Crippen molar-refractivity contribution in [1.82, 2.24) is 14.3 Å². The van der Waals surface area contributed by atoms with Gasteiger partial charge in [0.1, 0.15) is 0 Å². The molecule has 0 aliphatic heterocycles. The van der Waals surface area contributed by atoms with Gasteiger partial charge in [0.05, 0.1) is 6.20 Å². The van der Waals surface area contributed by atoms with Gasteiger partial charge in [-0.1, -0.05) is 26.7 Å². The van der Waals surface area contributed by atoms with E-state index in [1.807, 2.05) is 0 Å². The lowest BCUT2D eigenvalue weighted by Crippen LogP contribution is -2.44. The van der Waals surface area contributed by atoms with Crippen LogP contribution in [0.3, 0.4) is 0 Å². The number of halogens is 1. The van der Waals surface area contributed by atoms with Crippen LogP contribution in [0, 0.1) is 11.8 Å². The Hall–Kier alpha value is -0.590. The molecule has 0 aromatic carbocycles. The Kier molecular flexibility index (Phi) is 4.23. The SMILES string of the molecule is C[C@@H]1[C@H](C)CCC[C@H]1NS(=O)(=O)c1cnc(Cl)n1C. The summed E-state index contributed by atoms with van der Waals surface area (Å²) in [6, 6.07) is -0.0116. The van der Waals surface area contributed by atoms with Crippen LogP contribution in [-0.2, 0) is 17.1 Å². The van der Waals surface area contributed by atoms with Crippen molar-refractivity contribution in [2.24, 2.45) is 18.9 Å². The second-order valence-electron chi connectivity index (χ2n) is 5.42. The lowest BCUT2D eigenvalue weighted by molar-refractivity contribution is 0.226. The third-order valence-corrected chi connectivity index (χ3v) is 6.07. The minimum Gasteiger partial charge on any atom is -0.308 e. The summed E-state index contributed by atoms with van der Waals surface area (Å²) in [7, 11) is -1.97. The van der Waals surface area contributed by atoms with Crippen molar-refractivity contribution in [1.29, 1.82) is 0 Å². The molecular weight excluding hydrogens is 286 g/mol. The van der Waals surface area contributed by atoms with E-state index in [9.17, 15) is 8.42 Å². The number of nitrogens with zero attached hydrogens (tertiary/aromatic N) is 2. The van der Waals surface area contributed by atoms with Gasteiger partial charge in [0, 0.05) is 13.1 Å². The van der Waals surface area contributed by atoms with E-state index in [1.54, 1.807) is 7.05 Å². The highest BCUT2D eigenvalue weighted by molar-refractivity contribution is 7.89. The van der Waals surface area contributed by atoms with Crippen LogP contribution in [0.1, 0.15) is 33.1 Å². The molecular formula is C12H20ClN3O2S. The molecule has 108 valence electrons. The number of rotatable bonds is 3. The smallest absolute Gasteiger partial charge is 0.258 e. The van der Waals surface area contributed by atoms with Crippen LogP contribution in [0.15, 0.2) is 11.2 Å². The number of nitrogens with one attached hydrogen (secondary N) is 1. The predicted molar refractivity (Wildman–Crippen MR) is 74.5 cm³/mol. The van der Waals surface area contributed by atoms with Crippen LogP contribution in [0.2, 0.25) is 5.28 Å². The number of hydrogen-bond donors (Lipinski definition) is 1. The minimum absolute atomic E-state index is 0.0116. The van der Waals surface area contributed by atoms with Crippen molar-refractivity contribution in [3.63, 3.8) is 0 Å². The van der Waals surface area contributed by atoms with E-state index in [1.165, 1.54) is 10.8 Å². The molecule has 0 unspecified atom stereocenters. The monoisotopic (exact) mass is 305 g/mol. The molecule has 0 spiro atoms. The van der Waals surface area contributed by atoms with Crippen molar-refractivity contribution in [2.75, 3.05) is 0 Å². The highest BCUT2D eigenvalue weighted by Crippen LogP contribution is 2.30. The fourth-order valence-electron chi connectivity index (χ4n) is 2.63. The Morgan fingerprint density at radius 3 is 2.68 bits per heavy atom. The summed E-state index contributed by atoms with van der Waals surface area (Å²) < 4.78 is 28.9. The predicted octanol–water partition coefficient (Wildman–Crippen LogP) is 2.18. The van der Waals surface area contributed by atoms with Gasteiger partial charge in [-0.15, -0.1) is 0 Å². The first-order valence-electron chi connectivity index (χ1n) is 6.52.